The number of hydrogen-bond donors (Lipinski definition) is 1. The van der Waals surface area contributed by atoms with Gasteiger partial charge in [-0.15, -0.1) is 0 Å². The third-order valence-corrected chi connectivity index (χ3v) is 3.65. The minimum absolute atomic E-state index is 0.0234. The van der Waals surface area contributed by atoms with Gasteiger partial charge in [-0.25, -0.2) is 9.45 Å². The van der Waals surface area contributed by atoms with Crippen LogP contribution in [0.25, 0.3) is 0 Å². The van der Waals surface area contributed by atoms with Gasteiger partial charge >= 0.3 is 6.18 Å². The quantitative estimate of drug-likeness (QED) is 0.760. The lowest BCUT2D eigenvalue weighted by Crippen LogP contribution is -2.25. The molecular formula is C14H9ClF4N2O. The Labute approximate surface area is 127 Å². The van der Waals surface area contributed by atoms with Crippen molar-refractivity contribution >= 4 is 28.7 Å². The average molecular weight is 333 g/mol. The minimum atomic E-state index is -4.58. The lowest BCUT2D eigenvalue weighted by molar-refractivity contribution is -0.137. The average Bonchev–Trinajstić information content (AvgIpc) is 2.78. The Balaban J connectivity index is 2.17. The standard InChI is InChI=1S/C14H9ClF4N2O/c15-10-6-8(4-5-11(10)16)20-7-21(22)12-3-1-2-9(13(12)20)14(17,18)19/h1-6,22H,7H2. The molecule has 3 rings (SSSR count). The molecular weight excluding hydrogens is 324 g/mol. The molecule has 0 fully saturated rings. The number of halogens is 5. The zero-order chi connectivity index (χ0) is 16.1. The molecule has 1 heterocycles. The molecule has 0 atom stereocenters. The van der Waals surface area contributed by atoms with Gasteiger partial charge in [0.05, 0.1) is 22.0 Å². The summed E-state index contributed by atoms with van der Waals surface area (Å²) >= 11 is 5.69. The summed E-state index contributed by atoms with van der Waals surface area (Å²) in [7, 11) is 0. The summed E-state index contributed by atoms with van der Waals surface area (Å²) in [6.45, 7) is -0.218. The monoisotopic (exact) mass is 332 g/mol. The maximum atomic E-state index is 13.2. The highest BCUT2D eigenvalue weighted by molar-refractivity contribution is 6.31. The van der Waals surface area contributed by atoms with E-state index in [1.54, 1.807) is 0 Å². The Morgan fingerprint density at radius 1 is 1.14 bits per heavy atom. The fourth-order valence-electron chi connectivity index (χ4n) is 2.40. The number of fused-ring (bicyclic) bond motifs is 1. The summed E-state index contributed by atoms with van der Waals surface area (Å²) < 4.78 is 52.8. The Hall–Kier alpha value is -1.99. The Morgan fingerprint density at radius 2 is 1.86 bits per heavy atom. The Kier molecular flexibility index (Phi) is 3.41. The lowest BCUT2D eigenvalue weighted by atomic mass is 10.1. The third kappa shape index (κ3) is 2.36. The van der Waals surface area contributed by atoms with E-state index in [1.807, 2.05) is 0 Å². The number of hydrogen-bond acceptors (Lipinski definition) is 3. The van der Waals surface area contributed by atoms with Crippen LogP contribution >= 0.6 is 11.6 Å². The molecule has 0 aromatic heterocycles. The van der Waals surface area contributed by atoms with Crippen LogP contribution in [0.15, 0.2) is 36.4 Å². The maximum absolute atomic E-state index is 13.2. The van der Waals surface area contributed by atoms with Crippen molar-refractivity contribution in [1.29, 1.82) is 0 Å². The molecule has 1 aliphatic heterocycles. The number of nitrogens with zero attached hydrogens (tertiary/aromatic N) is 2. The first-order valence-electron chi connectivity index (χ1n) is 6.18. The zero-order valence-corrected chi connectivity index (χ0v) is 11.7. The first-order valence-corrected chi connectivity index (χ1v) is 6.56. The van der Waals surface area contributed by atoms with Crippen LogP contribution < -0.4 is 9.96 Å². The van der Waals surface area contributed by atoms with Crippen molar-refractivity contribution in [3.63, 3.8) is 0 Å². The van der Waals surface area contributed by atoms with Crippen LogP contribution in [0.4, 0.5) is 34.6 Å². The van der Waals surface area contributed by atoms with Crippen LogP contribution in [0.1, 0.15) is 5.56 Å². The number of para-hydroxylation sites is 1. The molecule has 1 N–H and O–H groups in total. The summed E-state index contributed by atoms with van der Waals surface area (Å²) in [5.74, 6) is -0.671. The van der Waals surface area contributed by atoms with Crippen LogP contribution in [0.5, 0.6) is 0 Å². The van der Waals surface area contributed by atoms with Crippen molar-refractivity contribution in [3.8, 4) is 0 Å². The molecule has 1 aliphatic rings. The van der Waals surface area contributed by atoms with E-state index in [9.17, 15) is 22.8 Å². The molecule has 2 aromatic carbocycles. The van der Waals surface area contributed by atoms with Gasteiger partial charge in [-0.2, -0.15) is 13.2 Å². The van der Waals surface area contributed by atoms with E-state index in [2.05, 4.69) is 0 Å². The SMILES string of the molecule is ON1CN(c2ccc(F)c(Cl)c2)c2c1cccc2C(F)(F)F. The van der Waals surface area contributed by atoms with Crippen LogP contribution in [0, 0.1) is 5.82 Å². The van der Waals surface area contributed by atoms with Crippen molar-refractivity contribution in [3.05, 3.63) is 52.8 Å². The Bertz CT molecular complexity index is 735. The van der Waals surface area contributed by atoms with Crippen LogP contribution in [-0.2, 0) is 6.18 Å². The van der Waals surface area contributed by atoms with Gasteiger partial charge in [0.15, 0.2) is 0 Å². The van der Waals surface area contributed by atoms with Crippen molar-refractivity contribution < 1.29 is 22.8 Å². The van der Waals surface area contributed by atoms with Gasteiger partial charge in [0.2, 0.25) is 0 Å². The van der Waals surface area contributed by atoms with E-state index in [-0.39, 0.29) is 28.8 Å². The van der Waals surface area contributed by atoms with Crippen molar-refractivity contribution in [1.82, 2.24) is 0 Å². The molecule has 22 heavy (non-hydrogen) atoms. The van der Waals surface area contributed by atoms with E-state index < -0.39 is 17.6 Å². The fourth-order valence-corrected chi connectivity index (χ4v) is 2.57. The molecule has 0 saturated heterocycles. The number of rotatable bonds is 1. The van der Waals surface area contributed by atoms with Crippen molar-refractivity contribution in [2.45, 2.75) is 6.18 Å². The maximum Gasteiger partial charge on any atom is 0.418 e. The summed E-state index contributed by atoms with van der Waals surface area (Å²) in [4.78, 5) is 1.23. The van der Waals surface area contributed by atoms with Gasteiger partial charge in [0.1, 0.15) is 12.5 Å². The molecule has 0 saturated carbocycles. The van der Waals surface area contributed by atoms with E-state index in [0.717, 1.165) is 12.1 Å². The normalized spacial score (nSPS) is 14.5. The molecule has 0 aliphatic carbocycles. The summed E-state index contributed by atoms with van der Waals surface area (Å²) in [6, 6.07) is 7.09. The summed E-state index contributed by atoms with van der Waals surface area (Å²) in [5.41, 5.74) is -0.807. The highest BCUT2D eigenvalue weighted by atomic mass is 35.5. The Morgan fingerprint density at radius 3 is 2.50 bits per heavy atom. The van der Waals surface area contributed by atoms with Crippen molar-refractivity contribution in [2.24, 2.45) is 0 Å². The molecule has 0 amide bonds. The first-order chi connectivity index (χ1) is 10.3. The second-order valence-corrected chi connectivity index (χ2v) is 5.15. The van der Waals surface area contributed by atoms with Gasteiger partial charge in [-0.05, 0) is 30.3 Å². The molecule has 116 valence electrons. The molecule has 8 heteroatoms. The second kappa shape index (κ2) is 5.03. The molecule has 0 spiro atoms. The van der Waals surface area contributed by atoms with Gasteiger partial charge in [-0.1, -0.05) is 17.7 Å². The second-order valence-electron chi connectivity index (χ2n) is 4.74. The molecule has 0 unspecified atom stereocenters. The largest absolute Gasteiger partial charge is 0.418 e. The molecule has 0 bridgehead atoms. The van der Waals surface area contributed by atoms with E-state index in [0.29, 0.717) is 5.06 Å². The molecule has 0 radical (unpaired) electrons. The number of benzene rings is 2. The van der Waals surface area contributed by atoms with Gasteiger partial charge in [0, 0.05) is 5.69 Å². The summed E-state index contributed by atoms with van der Waals surface area (Å²) in [6.07, 6.45) is -4.58. The van der Waals surface area contributed by atoms with Crippen LogP contribution in [0.3, 0.4) is 0 Å². The molecule has 2 aromatic rings. The van der Waals surface area contributed by atoms with Gasteiger partial charge < -0.3 is 4.90 Å². The number of hydroxylamine groups is 1. The highest BCUT2D eigenvalue weighted by Gasteiger charge is 2.40. The minimum Gasteiger partial charge on any atom is -0.318 e. The van der Waals surface area contributed by atoms with Crippen molar-refractivity contribution in [2.75, 3.05) is 16.6 Å². The first kappa shape index (κ1) is 14.9. The van der Waals surface area contributed by atoms with Crippen LogP contribution in [-0.4, -0.2) is 11.9 Å². The number of anilines is 3. The highest BCUT2D eigenvalue weighted by Crippen LogP contribution is 2.47. The lowest BCUT2D eigenvalue weighted by Gasteiger charge is -2.22. The van der Waals surface area contributed by atoms with E-state index in [1.165, 1.54) is 29.2 Å². The fraction of sp³-hybridized carbons (Fsp3) is 0.143. The predicted molar refractivity (Wildman–Crippen MR) is 74.1 cm³/mol. The van der Waals surface area contributed by atoms with Gasteiger partial charge in [-0.3, -0.25) is 5.21 Å². The van der Waals surface area contributed by atoms with Crippen LogP contribution in [0.2, 0.25) is 5.02 Å². The molecule has 3 nitrogen and oxygen atoms in total. The topological polar surface area (TPSA) is 26.7 Å². The predicted octanol–water partition coefficient (Wildman–Crippen LogP) is 4.80. The third-order valence-electron chi connectivity index (χ3n) is 3.36. The van der Waals surface area contributed by atoms with E-state index in [4.69, 9.17) is 11.6 Å². The zero-order valence-electron chi connectivity index (χ0n) is 10.9. The van der Waals surface area contributed by atoms with E-state index >= 15 is 0 Å². The summed E-state index contributed by atoms with van der Waals surface area (Å²) in [5, 5.41) is 10.3. The van der Waals surface area contributed by atoms with Gasteiger partial charge in [0.25, 0.3) is 0 Å². The number of alkyl halides is 3. The smallest absolute Gasteiger partial charge is 0.318 e.